The van der Waals surface area contributed by atoms with Crippen molar-refractivity contribution >= 4 is 23.8 Å². The summed E-state index contributed by atoms with van der Waals surface area (Å²) in [7, 11) is 0. The van der Waals surface area contributed by atoms with Crippen LogP contribution < -0.4 is 0 Å². The highest BCUT2D eigenvalue weighted by molar-refractivity contribution is 5.44. The van der Waals surface area contributed by atoms with Crippen LogP contribution in [0.5, 0.6) is 0 Å². The van der Waals surface area contributed by atoms with Crippen molar-refractivity contribution in [3.8, 4) is 0 Å². The summed E-state index contributed by atoms with van der Waals surface area (Å²) in [4.78, 5) is 35.4. The second kappa shape index (κ2) is 7.57. The third kappa shape index (κ3) is 4.56. The number of carbonyl (C=O) groups excluding carboxylic acids is 2. The SMILES string of the molecule is O=C=Nc1cccc(COCc2cccc(N=C=O)n2)n1. The molecule has 2 rings (SSSR count). The van der Waals surface area contributed by atoms with E-state index >= 15 is 0 Å². The van der Waals surface area contributed by atoms with Gasteiger partial charge in [0.1, 0.15) is 0 Å². The number of aliphatic imine (C=N–C) groups is 2. The van der Waals surface area contributed by atoms with Crippen LogP contribution in [0.25, 0.3) is 0 Å². The Balaban J connectivity index is 1.95. The second-order valence-corrected chi connectivity index (χ2v) is 3.87. The number of rotatable bonds is 6. The van der Waals surface area contributed by atoms with Gasteiger partial charge in [0.25, 0.3) is 0 Å². The molecular weight excluding hydrogens is 272 g/mol. The minimum absolute atomic E-state index is 0.241. The summed E-state index contributed by atoms with van der Waals surface area (Å²) < 4.78 is 5.47. The van der Waals surface area contributed by atoms with Crippen LogP contribution in [0.15, 0.2) is 46.4 Å². The molecule has 0 aromatic carbocycles. The van der Waals surface area contributed by atoms with Crippen LogP contribution in [0, 0.1) is 0 Å². The number of isocyanates is 2. The first kappa shape index (κ1) is 14.4. The Kier molecular flexibility index (Phi) is 5.20. The molecule has 0 radical (unpaired) electrons. The molecule has 0 amide bonds. The van der Waals surface area contributed by atoms with Crippen LogP contribution in [-0.4, -0.2) is 22.1 Å². The van der Waals surface area contributed by atoms with Crippen molar-refractivity contribution in [2.24, 2.45) is 9.98 Å². The van der Waals surface area contributed by atoms with Gasteiger partial charge in [0.2, 0.25) is 12.2 Å². The largest absolute Gasteiger partial charge is 0.369 e. The number of nitrogens with zero attached hydrogens (tertiary/aromatic N) is 4. The van der Waals surface area contributed by atoms with Crippen molar-refractivity contribution in [2.75, 3.05) is 0 Å². The molecule has 0 saturated carbocycles. The summed E-state index contributed by atoms with van der Waals surface area (Å²) in [6, 6.07) is 10.1. The number of hydrogen-bond acceptors (Lipinski definition) is 7. The van der Waals surface area contributed by atoms with Crippen LogP contribution in [-0.2, 0) is 27.5 Å². The molecule has 2 aromatic rings. The Morgan fingerprint density at radius 3 is 1.76 bits per heavy atom. The lowest BCUT2D eigenvalue weighted by atomic mass is 10.3. The van der Waals surface area contributed by atoms with Gasteiger partial charge in [-0.3, -0.25) is 0 Å². The van der Waals surface area contributed by atoms with Crippen LogP contribution in [0.1, 0.15) is 11.4 Å². The van der Waals surface area contributed by atoms with Crippen molar-refractivity contribution in [1.82, 2.24) is 9.97 Å². The maximum Gasteiger partial charge on any atom is 0.242 e. The molecule has 0 saturated heterocycles. The van der Waals surface area contributed by atoms with Crippen LogP contribution >= 0.6 is 0 Å². The molecule has 2 heterocycles. The average Bonchev–Trinajstić information content (AvgIpc) is 2.49. The van der Waals surface area contributed by atoms with E-state index in [1.54, 1.807) is 36.4 Å². The third-order valence-electron chi connectivity index (χ3n) is 2.40. The lowest BCUT2D eigenvalue weighted by Gasteiger charge is -2.04. The van der Waals surface area contributed by atoms with Crippen molar-refractivity contribution in [3.63, 3.8) is 0 Å². The fraction of sp³-hybridized carbons (Fsp3) is 0.143. The molecule has 0 aliphatic rings. The summed E-state index contributed by atoms with van der Waals surface area (Å²) in [5.74, 6) is 0.568. The predicted octanol–water partition coefficient (Wildman–Crippen LogP) is 2.13. The first-order chi connectivity index (χ1) is 10.3. The number of hydrogen-bond donors (Lipinski definition) is 0. The van der Waals surface area contributed by atoms with Gasteiger partial charge in [-0.25, -0.2) is 19.6 Å². The Morgan fingerprint density at radius 2 is 1.33 bits per heavy atom. The van der Waals surface area contributed by atoms with Crippen molar-refractivity contribution < 1.29 is 14.3 Å². The molecule has 104 valence electrons. The fourth-order valence-corrected chi connectivity index (χ4v) is 1.57. The lowest BCUT2D eigenvalue weighted by molar-refractivity contribution is 0.102. The second-order valence-electron chi connectivity index (χ2n) is 3.87. The van der Waals surface area contributed by atoms with E-state index in [1.807, 2.05) is 0 Å². The maximum atomic E-state index is 10.2. The number of ether oxygens (including phenoxy) is 1. The zero-order valence-corrected chi connectivity index (χ0v) is 10.9. The molecule has 0 fully saturated rings. The van der Waals surface area contributed by atoms with E-state index in [0.29, 0.717) is 11.4 Å². The van der Waals surface area contributed by atoms with E-state index in [0.717, 1.165) is 0 Å². The van der Waals surface area contributed by atoms with Gasteiger partial charge in [-0.1, -0.05) is 12.1 Å². The van der Waals surface area contributed by atoms with Gasteiger partial charge in [-0.2, -0.15) is 0 Å². The van der Waals surface area contributed by atoms with Crippen molar-refractivity contribution in [1.29, 1.82) is 0 Å². The van der Waals surface area contributed by atoms with Gasteiger partial charge >= 0.3 is 0 Å². The number of aromatic nitrogens is 2. The summed E-state index contributed by atoms with van der Waals surface area (Å²) in [5.41, 5.74) is 1.27. The highest BCUT2D eigenvalue weighted by Gasteiger charge is 2.00. The molecular formula is C14H10N4O3. The molecule has 0 N–H and O–H groups in total. The molecule has 0 aliphatic heterocycles. The molecule has 0 aliphatic carbocycles. The van der Waals surface area contributed by atoms with E-state index in [1.165, 1.54) is 12.2 Å². The van der Waals surface area contributed by atoms with E-state index in [4.69, 9.17) is 4.74 Å². The summed E-state index contributed by atoms with van der Waals surface area (Å²) in [6.45, 7) is 0.482. The van der Waals surface area contributed by atoms with E-state index < -0.39 is 0 Å². The average molecular weight is 282 g/mol. The summed E-state index contributed by atoms with van der Waals surface area (Å²) in [6.07, 6.45) is 2.86. The molecule has 0 unspecified atom stereocenters. The summed E-state index contributed by atoms with van der Waals surface area (Å²) in [5, 5.41) is 0. The van der Waals surface area contributed by atoms with Gasteiger partial charge in [0.15, 0.2) is 11.6 Å². The Bertz CT molecular complexity index is 658. The quantitative estimate of drug-likeness (QED) is 0.597. The standard InChI is InChI=1S/C14H10N4O3/c19-9-15-13-5-1-3-11(17-13)7-21-8-12-4-2-6-14(18-12)16-10-20/h1-6H,7-8H2. The van der Waals surface area contributed by atoms with Gasteiger partial charge in [-0.05, 0) is 24.3 Å². The molecule has 0 bridgehead atoms. The van der Waals surface area contributed by atoms with Gasteiger partial charge in [-0.15, -0.1) is 9.98 Å². The smallest absolute Gasteiger partial charge is 0.242 e. The molecule has 7 heteroatoms. The van der Waals surface area contributed by atoms with Gasteiger partial charge in [0, 0.05) is 0 Å². The zero-order chi connectivity index (χ0) is 14.9. The van der Waals surface area contributed by atoms with Crippen molar-refractivity contribution in [2.45, 2.75) is 13.2 Å². The monoisotopic (exact) mass is 282 g/mol. The maximum absolute atomic E-state index is 10.2. The number of pyridine rings is 2. The first-order valence-corrected chi connectivity index (χ1v) is 5.97. The van der Waals surface area contributed by atoms with Gasteiger partial charge < -0.3 is 4.74 Å². The Hall–Kier alpha value is -2.98. The normalized spacial score (nSPS) is 9.52. The first-order valence-electron chi connectivity index (χ1n) is 5.97. The van der Waals surface area contributed by atoms with Crippen LogP contribution in [0.2, 0.25) is 0 Å². The highest BCUT2D eigenvalue weighted by Crippen LogP contribution is 2.11. The minimum Gasteiger partial charge on any atom is -0.369 e. The van der Waals surface area contributed by atoms with Crippen molar-refractivity contribution in [3.05, 3.63) is 47.8 Å². The molecule has 7 nitrogen and oxygen atoms in total. The fourth-order valence-electron chi connectivity index (χ4n) is 1.57. The summed E-state index contributed by atoms with van der Waals surface area (Å²) >= 11 is 0. The van der Waals surface area contributed by atoms with Crippen LogP contribution in [0.4, 0.5) is 11.6 Å². The predicted molar refractivity (Wildman–Crippen MR) is 72.5 cm³/mol. The topological polar surface area (TPSA) is 93.9 Å². The van der Waals surface area contributed by atoms with Gasteiger partial charge in [0.05, 0.1) is 24.6 Å². The molecule has 2 aromatic heterocycles. The minimum atomic E-state index is 0.241. The highest BCUT2D eigenvalue weighted by atomic mass is 16.5. The van der Waals surface area contributed by atoms with E-state index in [-0.39, 0.29) is 24.8 Å². The Labute approximate surface area is 120 Å². The van der Waals surface area contributed by atoms with Crippen LogP contribution in [0.3, 0.4) is 0 Å². The zero-order valence-electron chi connectivity index (χ0n) is 10.9. The lowest BCUT2D eigenvalue weighted by Crippen LogP contribution is -1.98. The molecule has 0 spiro atoms. The molecule has 21 heavy (non-hydrogen) atoms. The Morgan fingerprint density at radius 1 is 0.857 bits per heavy atom. The van der Waals surface area contributed by atoms with E-state index in [2.05, 4.69) is 20.0 Å². The van der Waals surface area contributed by atoms with E-state index in [9.17, 15) is 9.59 Å². The molecule has 0 atom stereocenters. The third-order valence-corrected chi connectivity index (χ3v) is 2.40.